The van der Waals surface area contributed by atoms with Gasteiger partial charge in [-0.3, -0.25) is 0 Å². The minimum atomic E-state index is -0.391. The lowest BCUT2D eigenvalue weighted by atomic mass is 10.00. The number of aliphatic hydroxyl groups excluding tert-OH is 1. The summed E-state index contributed by atoms with van der Waals surface area (Å²) in [6, 6.07) is 8.35. The SMILES string of the molecule is CC(C)(C)NCC(O)C1NCc2ccccc21. The highest BCUT2D eigenvalue weighted by atomic mass is 16.3. The molecule has 2 rings (SSSR count). The average molecular weight is 234 g/mol. The van der Waals surface area contributed by atoms with Gasteiger partial charge in [-0.15, -0.1) is 0 Å². The fraction of sp³-hybridized carbons (Fsp3) is 0.571. The van der Waals surface area contributed by atoms with Crippen molar-refractivity contribution in [2.24, 2.45) is 0 Å². The van der Waals surface area contributed by atoms with Crippen LogP contribution in [0.2, 0.25) is 0 Å². The van der Waals surface area contributed by atoms with Gasteiger partial charge in [-0.1, -0.05) is 24.3 Å². The maximum atomic E-state index is 10.2. The second kappa shape index (κ2) is 4.77. The van der Waals surface area contributed by atoms with E-state index >= 15 is 0 Å². The Morgan fingerprint density at radius 3 is 2.82 bits per heavy atom. The Morgan fingerprint density at radius 2 is 2.12 bits per heavy atom. The first-order chi connectivity index (χ1) is 7.97. The normalized spacial score (nSPS) is 21.3. The summed E-state index contributed by atoms with van der Waals surface area (Å²) in [7, 11) is 0. The van der Waals surface area contributed by atoms with E-state index in [0.29, 0.717) is 6.54 Å². The number of hydrogen-bond acceptors (Lipinski definition) is 3. The van der Waals surface area contributed by atoms with Gasteiger partial charge >= 0.3 is 0 Å². The Hall–Kier alpha value is -0.900. The number of fused-ring (bicyclic) bond motifs is 1. The fourth-order valence-corrected chi connectivity index (χ4v) is 2.20. The van der Waals surface area contributed by atoms with Crippen molar-refractivity contribution in [3.8, 4) is 0 Å². The number of nitrogens with one attached hydrogen (secondary N) is 2. The van der Waals surface area contributed by atoms with Crippen LogP contribution in [0.4, 0.5) is 0 Å². The van der Waals surface area contributed by atoms with Gasteiger partial charge in [0.15, 0.2) is 0 Å². The number of benzene rings is 1. The van der Waals surface area contributed by atoms with Crippen LogP contribution in [0.25, 0.3) is 0 Å². The molecule has 0 radical (unpaired) electrons. The summed E-state index contributed by atoms with van der Waals surface area (Å²) in [6.45, 7) is 7.78. The van der Waals surface area contributed by atoms with E-state index in [4.69, 9.17) is 0 Å². The average Bonchev–Trinajstić information content (AvgIpc) is 2.68. The van der Waals surface area contributed by atoms with Crippen LogP contribution in [-0.2, 0) is 6.54 Å². The molecule has 1 aliphatic heterocycles. The summed E-state index contributed by atoms with van der Waals surface area (Å²) in [4.78, 5) is 0. The molecule has 0 saturated carbocycles. The Bertz CT molecular complexity index is 384. The molecule has 0 spiro atoms. The smallest absolute Gasteiger partial charge is 0.0859 e. The highest BCUT2D eigenvalue weighted by Gasteiger charge is 2.28. The zero-order valence-corrected chi connectivity index (χ0v) is 10.8. The molecule has 94 valence electrons. The Morgan fingerprint density at radius 1 is 1.41 bits per heavy atom. The fourth-order valence-electron chi connectivity index (χ4n) is 2.20. The highest BCUT2D eigenvalue weighted by molar-refractivity contribution is 5.34. The molecule has 1 aromatic carbocycles. The van der Waals surface area contributed by atoms with Crippen molar-refractivity contribution in [3.63, 3.8) is 0 Å². The van der Waals surface area contributed by atoms with E-state index in [-0.39, 0.29) is 11.6 Å². The van der Waals surface area contributed by atoms with Crippen LogP contribution in [0.3, 0.4) is 0 Å². The second-order valence-electron chi connectivity index (χ2n) is 5.76. The van der Waals surface area contributed by atoms with E-state index in [0.717, 1.165) is 6.54 Å². The molecule has 2 atom stereocenters. The first-order valence-corrected chi connectivity index (χ1v) is 6.22. The van der Waals surface area contributed by atoms with E-state index in [1.807, 2.05) is 12.1 Å². The Kier molecular flexibility index (Phi) is 3.52. The summed E-state index contributed by atoms with van der Waals surface area (Å²) in [5, 5.41) is 16.9. The molecule has 2 unspecified atom stereocenters. The standard InChI is InChI=1S/C14H22N2O/c1-14(2,3)16-9-12(17)13-11-7-5-4-6-10(11)8-15-13/h4-7,12-13,15-17H,8-9H2,1-3H3. The largest absolute Gasteiger partial charge is 0.390 e. The molecule has 0 bridgehead atoms. The van der Waals surface area contributed by atoms with Crippen LogP contribution in [-0.4, -0.2) is 23.3 Å². The molecule has 1 aliphatic rings. The van der Waals surface area contributed by atoms with Gasteiger partial charge in [0.2, 0.25) is 0 Å². The molecular weight excluding hydrogens is 212 g/mol. The van der Waals surface area contributed by atoms with Gasteiger partial charge in [0.05, 0.1) is 12.1 Å². The maximum Gasteiger partial charge on any atom is 0.0859 e. The topological polar surface area (TPSA) is 44.3 Å². The predicted molar refractivity (Wildman–Crippen MR) is 69.8 cm³/mol. The Labute approximate surface area is 103 Å². The summed E-state index contributed by atoms with van der Waals surface area (Å²) in [5.74, 6) is 0. The van der Waals surface area contributed by atoms with Crippen molar-refractivity contribution < 1.29 is 5.11 Å². The molecule has 3 N–H and O–H groups in total. The van der Waals surface area contributed by atoms with E-state index in [1.165, 1.54) is 11.1 Å². The van der Waals surface area contributed by atoms with Gasteiger partial charge in [-0.05, 0) is 31.9 Å². The molecule has 3 heteroatoms. The summed E-state index contributed by atoms with van der Waals surface area (Å²) in [6.07, 6.45) is -0.391. The molecule has 17 heavy (non-hydrogen) atoms. The molecule has 0 amide bonds. The van der Waals surface area contributed by atoms with Gasteiger partial charge < -0.3 is 15.7 Å². The summed E-state index contributed by atoms with van der Waals surface area (Å²) < 4.78 is 0. The lowest BCUT2D eigenvalue weighted by Gasteiger charge is -2.26. The monoisotopic (exact) mass is 234 g/mol. The third kappa shape index (κ3) is 3.06. The maximum absolute atomic E-state index is 10.2. The number of β-amino-alcohol motifs (C(OH)–C–C–N with tert-alkyl or cyclic N) is 1. The van der Waals surface area contributed by atoms with Crippen LogP contribution < -0.4 is 10.6 Å². The molecule has 0 fully saturated rings. The van der Waals surface area contributed by atoms with Crippen molar-refractivity contribution in [2.75, 3.05) is 6.54 Å². The molecule has 0 saturated heterocycles. The number of hydrogen-bond donors (Lipinski definition) is 3. The van der Waals surface area contributed by atoms with Crippen molar-refractivity contribution in [3.05, 3.63) is 35.4 Å². The molecule has 0 aromatic heterocycles. The molecule has 1 aromatic rings. The zero-order valence-electron chi connectivity index (χ0n) is 10.8. The van der Waals surface area contributed by atoms with Gasteiger partial charge in [0.25, 0.3) is 0 Å². The minimum Gasteiger partial charge on any atom is -0.390 e. The summed E-state index contributed by atoms with van der Waals surface area (Å²) >= 11 is 0. The first-order valence-electron chi connectivity index (χ1n) is 6.22. The zero-order chi connectivity index (χ0) is 12.5. The molecular formula is C14H22N2O. The Balaban J connectivity index is 2.00. The van der Waals surface area contributed by atoms with Crippen LogP contribution in [0.15, 0.2) is 24.3 Å². The highest BCUT2D eigenvalue weighted by Crippen LogP contribution is 2.27. The van der Waals surface area contributed by atoms with Crippen LogP contribution >= 0.6 is 0 Å². The van der Waals surface area contributed by atoms with Crippen molar-refractivity contribution in [1.29, 1.82) is 0 Å². The van der Waals surface area contributed by atoms with Crippen molar-refractivity contribution in [2.45, 2.75) is 45.0 Å². The third-order valence-corrected chi connectivity index (χ3v) is 3.13. The third-order valence-electron chi connectivity index (χ3n) is 3.13. The van der Waals surface area contributed by atoms with E-state index in [2.05, 4.69) is 43.5 Å². The predicted octanol–water partition coefficient (Wildman–Crippen LogP) is 1.58. The van der Waals surface area contributed by atoms with Crippen LogP contribution in [0, 0.1) is 0 Å². The molecule has 1 heterocycles. The minimum absolute atomic E-state index is 0.0408. The van der Waals surface area contributed by atoms with Crippen LogP contribution in [0.1, 0.15) is 37.9 Å². The molecule has 3 nitrogen and oxygen atoms in total. The van der Waals surface area contributed by atoms with Crippen LogP contribution in [0.5, 0.6) is 0 Å². The first kappa shape index (κ1) is 12.6. The second-order valence-corrected chi connectivity index (χ2v) is 5.76. The quantitative estimate of drug-likeness (QED) is 0.744. The van der Waals surface area contributed by atoms with Gasteiger partial charge in [-0.25, -0.2) is 0 Å². The van der Waals surface area contributed by atoms with E-state index in [1.54, 1.807) is 0 Å². The van der Waals surface area contributed by atoms with E-state index < -0.39 is 6.10 Å². The van der Waals surface area contributed by atoms with Gasteiger partial charge in [0, 0.05) is 18.6 Å². The molecule has 0 aliphatic carbocycles. The number of aliphatic hydroxyl groups is 1. The lowest BCUT2D eigenvalue weighted by molar-refractivity contribution is 0.122. The van der Waals surface area contributed by atoms with Crippen molar-refractivity contribution in [1.82, 2.24) is 10.6 Å². The van der Waals surface area contributed by atoms with Gasteiger partial charge in [0.1, 0.15) is 0 Å². The van der Waals surface area contributed by atoms with Crippen molar-refractivity contribution >= 4 is 0 Å². The van der Waals surface area contributed by atoms with Gasteiger partial charge in [-0.2, -0.15) is 0 Å². The van der Waals surface area contributed by atoms with E-state index in [9.17, 15) is 5.11 Å². The summed E-state index contributed by atoms with van der Waals surface area (Å²) in [5.41, 5.74) is 2.57. The number of rotatable bonds is 3. The lowest BCUT2D eigenvalue weighted by Crippen LogP contribution is -2.44.